The molecule has 0 amide bonds. The Balaban J connectivity index is 2.06. The Kier molecular flexibility index (Phi) is 4.11. The molecule has 2 N–H and O–H groups in total. The van der Waals surface area contributed by atoms with Crippen molar-refractivity contribution in [3.8, 4) is 0 Å². The van der Waals surface area contributed by atoms with Crippen molar-refractivity contribution in [1.29, 1.82) is 0 Å². The molecule has 100 valence electrons. The van der Waals surface area contributed by atoms with Gasteiger partial charge in [-0.05, 0) is 45.3 Å². The molecule has 3 unspecified atom stereocenters. The first kappa shape index (κ1) is 13.3. The molecule has 2 aliphatic rings. The van der Waals surface area contributed by atoms with Gasteiger partial charge in [-0.25, -0.2) is 0 Å². The van der Waals surface area contributed by atoms with Crippen LogP contribution >= 0.6 is 0 Å². The Morgan fingerprint density at radius 3 is 2.76 bits per heavy atom. The summed E-state index contributed by atoms with van der Waals surface area (Å²) in [6.07, 6.45) is 3.63. The van der Waals surface area contributed by atoms with Gasteiger partial charge < -0.3 is 15.3 Å². The van der Waals surface area contributed by atoms with Crippen LogP contribution in [0.4, 0.5) is 0 Å². The van der Waals surface area contributed by atoms with E-state index in [4.69, 9.17) is 0 Å². The van der Waals surface area contributed by atoms with Crippen LogP contribution in [0.15, 0.2) is 0 Å². The molecule has 0 aromatic carbocycles. The number of rotatable bonds is 1. The van der Waals surface area contributed by atoms with Gasteiger partial charge in [-0.15, -0.1) is 0 Å². The minimum atomic E-state index is -0.137. The second-order valence-electron chi connectivity index (χ2n) is 6.74. The summed E-state index contributed by atoms with van der Waals surface area (Å²) in [5, 5.41) is 14.1. The molecule has 0 aromatic rings. The first-order valence-electron chi connectivity index (χ1n) is 7.08. The molecule has 2 saturated heterocycles. The van der Waals surface area contributed by atoms with Crippen LogP contribution in [-0.2, 0) is 0 Å². The normalized spacial score (nSPS) is 39.9. The fraction of sp³-hybridized carbons (Fsp3) is 1.00. The summed E-state index contributed by atoms with van der Waals surface area (Å²) >= 11 is 0. The lowest BCUT2D eigenvalue weighted by Gasteiger charge is -2.47. The van der Waals surface area contributed by atoms with Gasteiger partial charge in [-0.3, -0.25) is 0 Å². The molecular formula is C14H28N2O. The average molecular weight is 240 g/mol. The summed E-state index contributed by atoms with van der Waals surface area (Å²) in [5.74, 6) is 1.16. The quantitative estimate of drug-likeness (QED) is 0.726. The molecule has 3 heteroatoms. The highest BCUT2D eigenvalue weighted by molar-refractivity contribution is 4.94. The van der Waals surface area contributed by atoms with Crippen molar-refractivity contribution in [3.05, 3.63) is 0 Å². The van der Waals surface area contributed by atoms with Gasteiger partial charge >= 0.3 is 0 Å². The molecule has 3 nitrogen and oxygen atoms in total. The Morgan fingerprint density at radius 2 is 2.00 bits per heavy atom. The number of nitrogens with one attached hydrogen (secondary N) is 1. The summed E-state index contributed by atoms with van der Waals surface area (Å²) in [6.45, 7) is 8.76. The molecule has 2 aliphatic heterocycles. The van der Waals surface area contributed by atoms with Crippen LogP contribution in [0.5, 0.6) is 0 Å². The summed E-state index contributed by atoms with van der Waals surface area (Å²) in [4.78, 5) is 2.40. The molecule has 2 heterocycles. The molecule has 2 rings (SSSR count). The molecule has 2 fully saturated rings. The zero-order chi connectivity index (χ0) is 12.5. The molecular weight excluding hydrogens is 212 g/mol. The van der Waals surface area contributed by atoms with Crippen molar-refractivity contribution in [2.24, 2.45) is 17.3 Å². The van der Waals surface area contributed by atoms with Gasteiger partial charge in [0.2, 0.25) is 0 Å². The maximum absolute atomic E-state index is 10.6. The van der Waals surface area contributed by atoms with E-state index in [1.165, 1.54) is 19.3 Å². The van der Waals surface area contributed by atoms with Crippen LogP contribution in [0.3, 0.4) is 0 Å². The number of nitrogens with zero attached hydrogens (tertiary/aromatic N) is 1. The Morgan fingerprint density at radius 1 is 1.24 bits per heavy atom. The van der Waals surface area contributed by atoms with Crippen molar-refractivity contribution in [2.45, 2.75) is 39.2 Å². The highest BCUT2D eigenvalue weighted by atomic mass is 16.3. The number of aliphatic hydroxyl groups is 1. The summed E-state index contributed by atoms with van der Waals surface area (Å²) < 4.78 is 0. The van der Waals surface area contributed by atoms with E-state index in [1.807, 2.05) is 0 Å². The fourth-order valence-corrected chi connectivity index (χ4v) is 3.77. The zero-order valence-electron chi connectivity index (χ0n) is 11.6. The van der Waals surface area contributed by atoms with E-state index >= 15 is 0 Å². The minimum absolute atomic E-state index is 0.0391. The third kappa shape index (κ3) is 3.01. The SMILES string of the molecule is CN1CC(C2CCCNCC2)C(O)C(C)(C)C1. The fourth-order valence-electron chi connectivity index (χ4n) is 3.77. The van der Waals surface area contributed by atoms with Gasteiger partial charge in [0.25, 0.3) is 0 Å². The minimum Gasteiger partial charge on any atom is -0.392 e. The number of hydrogen-bond acceptors (Lipinski definition) is 3. The van der Waals surface area contributed by atoms with E-state index in [0.29, 0.717) is 11.8 Å². The highest BCUT2D eigenvalue weighted by Crippen LogP contribution is 2.38. The molecule has 17 heavy (non-hydrogen) atoms. The van der Waals surface area contributed by atoms with Crippen LogP contribution in [0.25, 0.3) is 0 Å². The molecule has 0 aliphatic carbocycles. The maximum Gasteiger partial charge on any atom is 0.0646 e. The van der Waals surface area contributed by atoms with Crippen molar-refractivity contribution >= 4 is 0 Å². The number of hydrogen-bond donors (Lipinski definition) is 2. The van der Waals surface area contributed by atoms with E-state index in [9.17, 15) is 5.11 Å². The zero-order valence-corrected chi connectivity index (χ0v) is 11.6. The van der Waals surface area contributed by atoms with Crippen LogP contribution < -0.4 is 5.32 Å². The van der Waals surface area contributed by atoms with Crippen molar-refractivity contribution in [1.82, 2.24) is 10.2 Å². The van der Waals surface area contributed by atoms with Gasteiger partial charge in [-0.2, -0.15) is 0 Å². The van der Waals surface area contributed by atoms with Crippen molar-refractivity contribution in [3.63, 3.8) is 0 Å². The molecule has 0 aromatic heterocycles. The van der Waals surface area contributed by atoms with Crippen molar-refractivity contribution in [2.75, 3.05) is 33.2 Å². The lowest BCUT2D eigenvalue weighted by Crippen LogP contribution is -2.54. The third-order valence-electron chi connectivity index (χ3n) is 4.63. The van der Waals surface area contributed by atoms with Gasteiger partial charge in [0.15, 0.2) is 0 Å². The van der Waals surface area contributed by atoms with Gasteiger partial charge in [0.05, 0.1) is 6.10 Å². The second-order valence-corrected chi connectivity index (χ2v) is 6.74. The van der Waals surface area contributed by atoms with E-state index in [-0.39, 0.29) is 11.5 Å². The lowest BCUT2D eigenvalue weighted by molar-refractivity contribution is -0.0809. The molecule has 3 atom stereocenters. The first-order chi connectivity index (χ1) is 8.00. The maximum atomic E-state index is 10.6. The largest absolute Gasteiger partial charge is 0.392 e. The Hall–Kier alpha value is -0.120. The molecule has 0 spiro atoms. The number of aliphatic hydroxyl groups excluding tert-OH is 1. The second kappa shape index (κ2) is 5.25. The Labute approximate surface area is 106 Å². The smallest absolute Gasteiger partial charge is 0.0646 e. The number of likely N-dealkylation sites (tertiary alicyclic amines) is 1. The standard InChI is InChI=1S/C14H28N2O/c1-14(2)10-16(3)9-12(13(14)17)11-5-4-7-15-8-6-11/h11-13,15,17H,4-10H2,1-3H3. The van der Waals surface area contributed by atoms with E-state index < -0.39 is 0 Å². The molecule has 0 bridgehead atoms. The van der Waals surface area contributed by atoms with Gasteiger partial charge in [-0.1, -0.05) is 13.8 Å². The van der Waals surface area contributed by atoms with Gasteiger partial charge in [0.1, 0.15) is 0 Å². The van der Waals surface area contributed by atoms with Crippen LogP contribution in [0, 0.1) is 17.3 Å². The van der Waals surface area contributed by atoms with Crippen molar-refractivity contribution < 1.29 is 5.11 Å². The van der Waals surface area contributed by atoms with Crippen LogP contribution in [-0.4, -0.2) is 49.3 Å². The van der Waals surface area contributed by atoms with Crippen LogP contribution in [0.1, 0.15) is 33.1 Å². The molecule has 0 radical (unpaired) electrons. The van der Waals surface area contributed by atoms with E-state index in [1.54, 1.807) is 0 Å². The topological polar surface area (TPSA) is 35.5 Å². The Bertz CT molecular complexity index is 247. The summed E-state index contributed by atoms with van der Waals surface area (Å²) in [6, 6.07) is 0. The van der Waals surface area contributed by atoms with E-state index in [0.717, 1.165) is 26.2 Å². The summed E-state index contributed by atoms with van der Waals surface area (Å²) in [7, 11) is 2.19. The third-order valence-corrected chi connectivity index (χ3v) is 4.63. The van der Waals surface area contributed by atoms with E-state index in [2.05, 4.69) is 31.1 Å². The van der Waals surface area contributed by atoms with Gasteiger partial charge in [0, 0.05) is 24.4 Å². The predicted octanol–water partition coefficient (Wildman–Crippen LogP) is 1.32. The summed E-state index contributed by atoms with van der Waals surface area (Å²) in [5.41, 5.74) is 0.0391. The predicted molar refractivity (Wildman–Crippen MR) is 71.0 cm³/mol. The highest BCUT2D eigenvalue weighted by Gasteiger charge is 2.43. The first-order valence-corrected chi connectivity index (χ1v) is 7.08. The lowest BCUT2D eigenvalue weighted by atomic mass is 9.69. The molecule has 0 saturated carbocycles. The van der Waals surface area contributed by atoms with Crippen LogP contribution in [0.2, 0.25) is 0 Å². The monoisotopic (exact) mass is 240 g/mol. The average Bonchev–Trinajstić information content (AvgIpc) is 2.51. The number of piperidine rings is 1.